The molecule has 0 aromatic heterocycles. The number of benzene rings is 2. The molecule has 0 saturated carbocycles. The van der Waals surface area contributed by atoms with E-state index in [-0.39, 0.29) is 5.04 Å². The summed E-state index contributed by atoms with van der Waals surface area (Å²) in [5.41, 5.74) is 0. The molecule has 158 valence electrons. The molecule has 0 fully saturated rings. The second-order valence-electron chi connectivity index (χ2n) is 8.97. The highest BCUT2D eigenvalue weighted by Gasteiger charge is 2.49. The van der Waals surface area contributed by atoms with E-state index >= 15 is 0 Å². The number of allylic oxidation sites excluding steroid dienone is 2. The van der Waals surface area contributed by atoms with Crippen LogP contribution in [0.3, 0.4) is 0 Å². The van der Waals surface area contributed by atoms with Gasteiger partial charge in [0.1, 0.15) is 0 Å². The first kappa shape index (κ1) is 23.6. The molecular formula is C27H40OSi. The molecule has 29 heavy (non-hydrogen) atoms. The minimum atomic E-state index is -2.36. The fraction of sp³-hybridized carbons (Fsp3) is 0.481. The van der Waals surface area contributed by atoms with Crippen LogP contribution in [-0.4, -0.2) is 14.9 Å². The molecule has 2 heteroatoms. The van der Waals surface area contributed by atoms with Crippen LogP contribution >= 0.6 is 0 Å². The molecule has 0 amide bonds. The van der Waals surface area contributed by atoms with E-state index in [0.29, 0.717) is 0 Å². The molecular weight excluding hydrogens is 368 g/mol. The lowest BCUT2D eigenvalue weighted by Crippen LogP contribution is -2.66. The van der Waals surface area contributed by atoms with Crippen LogP contribution in [-0.2, 0) is 4.43 Å². The van der Waals surface area contributed by atoms with E-state index in [9.17, 15) is 0 Å². The maximum atomic E-state index is 6.94. The van der Waals surface area contributed by atoms with Gasteiger partial charge in [-0.25, -0.2) is 0 Å². The summed E-state index contributed by atoms with van der Waals surface area (Å²) in [6.07, 6.45) is 13.4. The lowest BCUT2D eigenvalue weighted by Gasteiger charge is -2.43. The lowest BCUT2D eigenvalue weighted by atomic mass is 10.2. The van der Waals surface area contributed by atoms with Gasteiger partial charge in [-0.05, 0) is 47.5 Å². The Labute approximate surface area is 180 Å². The van der Waals surface area contributed by atoms with E-state index in [4.69, 9.17) is 4.43 Å². The van der Waals surface area contributed by atoms with Crippen LogP contribution in [0.5, 0.6) is 0 Å². The van der Waals surface area contributed by atoms with Crippen LogP contribution in [0.2, 0.25) is 5.04 Å². The zero-order valence-corrected chi connectivity index (χ0v) is 20.0. The van der Waals surface area contributed by atoms with Crippen molar-refractivity contribution in [3.8, 4) is 0 Å². The molecule has 2 rings (SSSR count). The third-order valence-corrected chi connectivity index (χ3v) is 10.7. The highest BCUT2D eigenvalue weighted by Crippen LogP contribution is 2.36. The predicted molar refractivity (Wildman–Crippen MR) is 131 cm³/mol. The number of hydrogen-bond donors (Lipinski definition) is 0. The average Bonchev–Trinajstić information content (AvgIpc) is 2.72. The van der Waals surface area contributed by atoms with Crippen LogP contribution in [0.25, 0.3) is 0 Å². The molecule has 0 heterocycles. The smallest absolute Gasteiger partial charge is 0.261 e. The van der Waals surface area contributed by atoms with Gasteiger partial charge in [-0.3, -0.25) is 0 Å². The van der Waals surface area contributed by atoms with Gasteiger partial charge in [-0.15, -0.1) is 0 Å². The molecule has 0 bridgehead atoms. The van der Waals surface area contributed by atoms with Crippen molar-refractivity contribution < 1.29 is 4.43 Å². The summed E-state index contributed by atoms with van der Waals surface area (Å²) < 4.78 is 6.94. The molecule has 0 N–H and O–H groups in total. The standard InChI is InChI=1S/C27H40OSi/c1-5-6-7-8-9-10-11-12-19-24-28-29(27(2,3)4,25-20-15-13-16-21-25)26-22-17-14-18-23-26/h9-10,13-18,20-23H,5-8,11-12,19,24H2,1-4H3/b10-9+. The lowest BCUT2D eigenvalue weighted by molar-refractivity contribution is 0.289. The normalized spacial score (nSPS) is 12.6. The molecule has 0 atom stereocenters. The summed E-state index contributed by atoms with van der Waals surface area (Å²) in [5, 5.41) is 2.80. The van der Waals surface area contributed by atoms with Crippen LogP contribution in [0.4, 0.5) is 0 Å². The van der Waals surface area contributed by atoms with Crippen molar-refractivity contribution in [2.24, 2.45) is 0 Å². The van der Waals surface area contributed by atoms with Crippen LogP contribution in [0, 0.1) is 0 Å². The molecule has 0 aliphatic heterocycles. The van der Waals surface area contributed by atoms with Crippen LogP contribution in [0.1, 0.15) is 72.6 Å². The molecule has 1 nitrogen and oxygen atoms in total. The molecule has 0 aliphatic rings. The van der Waals surface area contributed by atoms with Crippen molar-refractivity contribution in [2.45, 2.75) is 77.7 Å². The van der Waals surface area contributed by atoms with Crippen molar-refractivity contribution in [1.29, 1.82) is 0 Å². The number of unbranched alkanes of at least 4 members (excludes halogenated alkanes) is 5. The molecule has 2 aromatic carbocycles. The summed E-state index contributed by atoms with van der Waals surface area (Å²) in [7, 11) is -2.36. The summed E-state index contributed by atoms with van der Waals surface area (Å²) in [4.78, 5) is 0. The average molecular weight is 409 g/mol. The van der Waals surface area contributed by atoms with Gasteiger partial charge in [0.15, 0.2) is 0 Å². The Morgan fingerprint density at radius 3 is 1.66 bits per heavy atom. The third kappa shape index (κ3) is 6.69. The van der Waals surface area contributed by atoms with Crippen molar-refractivity contribution in [3.63, 3.8) is 0 Å². The van der Waals surface area contributed by atoms with E-state index in [2.05, 4.69) is 101 Å². The van der Waals surface area contributed by atoms with Gasteiger partial charge >= 0.3 is 0 Å². The van der Waals surface area contributed by atoms with E-state index in [1.165, 1.54) is 42.5 Å². The Balaban J connectivity index is 2.06. The van der Waals surface area contributed by atoms with E-state index in [1.54, 1.807) is 0 Å². The molecule has 2 aromatic rings. The van der Waals surface area contributed by atoms with Gasteiger partial charge in [0.2, 0.25) is 0 Å². The fourth-order valence-corrected chi connectivity index (χ4v) is 8.70. The quantitative estimate of drug-likeness (QED) is 0.211. The largest absolute Gasteiger partial charge is 0.407 e. The maximum absolute atomic E-state index is 6.94. The van der Waals surface area contributed by atoms with Gasteiger partial charge in [-0.1, -0.05) is 113 Å². The Morgan fingerprint density at radius 2 is 1.21 bits per heavy atom. The van der Waals surface area contributed by atoms with Crippen molar-refractivity contribution in [3.05, 3.63) is 72.8 Å². The van der Waals surface area contributed by atoms with Crippen LogP contribution < -0.4 is 10.4 Å². The summed E-state index contributed by atoms with van der Waals surface area (Å²) in [5.74, 6) is 0. The summed E-state index contributed by atoms with van der Waals surface area (Å²) in [6, 6.07) is 21.9. The van der Waals surface area contributed by atoms with E-state index < -0.39 is 8.32 Å². The molecule has 0 radical (unpaired) electrons. The Morgan fingerprint density at radius 1 is 0.724 bits per heavy atom. The Bertz CT molecular complexity index is 661. The molecule has 0 saturated heterocycles. The Hall–Kier alpha value is -1.64. The summed E-state index contributed by atoms with van der Waals surface area (Å²) >= 11 is 0. The van der Waals surface area contributed by atoms with Crippen molar-refractivity contribution >= 4 is 18.7 Å². The highest BCUT2D eigenvalue weighted by atomic mass is 28.4. The molecule has 0 aliphatic carbocycles. The first-order valence-corrected chi connectivity index (χ1v) is 13.3. The van der Waals surface area contributed by atoms with Gasteiger partial charge in [0.05, 0.1) is 0 Å². The van der Waals surface area contributed by atoms with Crippen molar-refractivity contribution in [2.75, 3.05) is 6.61 Å². The molecule has 0 unspecified atom stereocenters. The zero-order valence-electron chi connectivity index (χ0n) is 19.0. The highest BCUT2D eigenvalue weighted by molar-refractivity contribution is 6.99. The van der Waals surface area contributed by atoms with E-state index in [0.717, 1.165) is 19.4 Å². The predicted octanol–water partition coefficient (Wildman–Crippen LogP) is 6.87. The van der Waals surface area contributed by atoms with Gasteiger partial charge in [0.25, 0.3) is 8.32 Å². The van der Waals surface area contributed by atoms with E-state index in [1.807, 2.05) is 0 Å². The monoisotopic (exact) mass is 408 g/mol. The first-order valence-electron chi connectivity index (χ1n) is 11.4. The minimum absolute atomic E-state index is 0.0644. The van der Waals surface area contributed by atoms with Gasteiger partial charge in [0, 0.05) is 6.61 Å². The number of hydrogen-bond acceptors (Lipinski definition) is 1. The fourth-order valence-electron chi connectivity index (χ4n) is 4.10. The first-order chi connectivity index (χ1) is 14.0. The third-order valence-electron chi connectivity index (χ3n) is 5.64. The van der Waals surface area contributed by atoms with Gasteiger partial charge in [-0.2, -0.15) is 0 Å². The number of rotatable bonds is 12. The SMILES string of the molecule is CCCCC/C=C/CCCCO[Si](c1ccccc1)(c1ccccc1)C(C)(C)C. The molecule has 0 spiro atoms. The summed E-state index contributed by atoms with van der Waals surface area (Å²) in [6.45, 7) is 10.1. The zero-order chi connectivity index (χ0) is 21.0. The topological polar surface area (TPSA) is 9.23 Å². The maximum Gasteiger partial charge on any atom is 0.261 e. The second kappa shape index (κ2) is 12.1. The Kier molecular flexibility index (Phi) is 9.90. The van der Waals surface area contributed by atoms with Crippen LogP contribution in [0.15, 0.2) is 72.8 Å². The van der Waals surface area contributed by atoms with Crippen molar-refractivity contribution in [1.82, 2.24) is 0 Å². The van der Waals surface area contributed by atoms with Gasteiger partial charge < -0.3 is 4.43 Å². The second-order valence-corrected chi connectivity index (χ2v) is 13.3. The minimum Gasteiger partial charge on any atom is -0.407 e.